The third kappa shape index (κ3) is 4.01. The van der Waals surface area contributed by atoms with Crippen LogP contribution in [0.4, 0.5) is 27.5 Å². The van der Waals surface area contributed by atoms with Crippen molar-refractivity contribution in [1.82, 2.24) is 15.2 Å². The van der Waals surface area contributed by atoms with Crippen molar-refractivity contribution in [3.05, 3.63) is 64.5 Å². The highest BCUT2D eigenvalue weighted by Gasteiger charge is 2.04. The SMILES string of the molecule is Cc1cc(Br)ccc1Nc1nncc(Nc2ccc(F)cc2)n1. The largest absolute Gasteiger partial charge is 0.339 e. The number of nitrogens with one attached hydrogen (secondary N) is 2. The third-order valence-corrected chi connectivity index (χ3v) is 3.60. The van der Waals surface area contributed by atoms with Crippen LogP contribution in [0.2, 0.25) is 0 Å². The highest BCUT2D eigenvalue weighted by Crippen LogP contribution is 2.23. The first-order valence-electron chi connectivity index (χ1n) is 6.86. The summed E-state index contributed by atoms with van der Waals surface area (Å²) in [4.78, 5) is 4.35. The summed E-state index contributed by atoms with van der Waals surface area (Å²) in [6, 6.07) is 11.9. The van der Waals surface area contributed by atoms with E-state index in [4.69, 9.17) is 0 Å². The minimum atomic E-state index is -0.288. The van der Waals surface area contributed by atoms with Crippen molar-refractivity contribution < 1.29 is 4.39 Å². The second-order valence-corrected chi connectivity index (χ2v) is 5.80. The molecule has 3 rings (SSSR count). The van der Waals surface area contributed by atoms with E-state index in [0.29, 0.717) is 11.8 Å². The molecule has 0 spiro atoms. The molecular formula is C16H13BrFN5. The number of nitrogens with zero attached hydrogens (tertiary/aromatic N) is 3. The number of hydrogen-bond donors (Lipinski definition) is 2. The summed E-state index contributed by atoms with van der Waals surface area (Å²) in [5.74, 6) is 0.607. The van der Waals surface area contributed by atoms with E-state index in [1.807, 2.05) is 25.1 Å². The average Bonchev–Trinajstić information content (AvgIpc) is 2.53. The summed E-state index contributed by atoms with van der Waals surface area (Å²) in [5.41, 5.74) is 2.67. The first kappa shape index (κ1) is 15.4. The molecule has 0 unspecified atom stereocenters. The molecule has 1 aromatic heterocycles. The van der Waals surface area contributed by atoms with Gasteiger partial charge in [0.15, 0.2) is 5.82 Å². The van der Waals surface area contributed by atoms with Gasteiger partial charge in [-0.05, 0) is 55.0 Å². The fourth-order valence-electron chi connectivity index (χ4n) is 1.99. The molecule has 0 amide bonds. The lowest BCUT2D eigenvalue weighted by atomic mass is 10.2. The molecule has 7 heteroatoms. The lowest BCUT2D eigenvalue weighted by Gasteiger charge is -2.09. The Bertz CT molecular complexity index is 823. The topological polar surface area (TPSA) is 62.7 Å². The second kappa shape index (κ2) is 6.70. The lowest BCUT2D eigenvalue weighted by molar-refractivity contribution is 0.628. The Morgan fingerprint density at radius 2 is 1.83 bits per heavy atom. The highest BCUT2D eigenvalue weighted by atomic mass is 79.9. The molecule has 0 aliphatic rings. The quantitative estimate of drug-likeness (QED) is 0.701. The van der Waals surface area contributed by atoms with Crippen LogP contribution in [-0.2, 0) is 0 Å². The van der Waals surface area contributed by atoms with Gasteiger partial charge in [0.1, 0.15) is 5.82 Å². The van der Waals surface area contributed by atoms with Gasteiger partial charge in [0.05, 0.1) is 6.20 Å². The molecule has 116 valence electrons. The summed E-state index contributed by atoms with van der Waals surface area (Å²) < 4.78 is 13.9. The molecule has 0 saturated heterocycles. The molecule has 2 N–H and O–H groups in total. The molecule has 5 nitrogen and oxygen atoms in total. The smallest absolute Gasteiger partial charge is 0.249 e. The minimum Gasteiger partial charge on any atom is -0.339 e. The van der Waals surface area contributed by atoms with Gasteiger partial charge in [-0.15, -0.1) is 5.10 Å². The number of aryl methyl sites for hydroxylation is 1. The van der Waals surface area contributed by atoms with E-state index in [9.17, 15) is 4.39 Å². The molecule has 0 bridgehead atoms. The van der Waals surface area contributed by atoms with Gasteiger partial charge in [0.2, 0.25) is 5.95 Å². The maximum atomic E-state index is 12.9. The molecule has 0 saturated carbocycles. The van der Waals surface area contributed by atoms with Gasteiger partial charge in [0, 0.05) is 15.8 Å². The Hall–Kier alpha value is -2.54. The zero-order valence-corrected chi connectivity index (χ0v) is 13.8. The van der Waals surface area contributed by atoms with Crippen LogP contribution in [0.15, 0.2) is 53.1 Å². The van der Waals surface area contributed by atoms with E-state index < -0.39 is 0 Å². The highest BCUT2D eigenvalue weighted by molar-refractivity contribution is 9.10. The van der Waals surface area contributed by atoms with Gasteiger partial charge in [-0.3, -0.25) is 0 Å². The first-order valence-corrected chi connectivity index (χ1v) is 7.65. The monoisotopic (exact) mass is 373 g/mol. The first-order chi connectivity index (χ1) is 11.1. The predicted molar refractivity (Wildman–Crippen MR) is 91.7 cm³/mol. The molecule has 1 heterocycles. The van der Waals surface area contributed by atoms with E-state index in [1.165, 1.54) is 18.3 Å². The maximum absolute atomic E-state index is 12.9. The Kier molecular flexibility index (Phi) is 4.47. The van der Waals surface area contributed by atoms with Crippen LogP contribution in [0.5, 0.6) is 0 Å². The Morgan fingerprint density at radius 3 is 2.57 bits per heavy atom. The number of hydrogen-bond acceptors (Lipinski definition) is 5. The third-order valence-electron chi connectivity index (χ3n) is 3.11. The molecular weight excluding hydrogens is 361 g/mol. The van der Waals surface area contributed by atoms with Crippen LogP contribution in [0.1, 0.15) is 5.56 Å². The van der Waals surface area contributed by atoms with Crippen molar-refractivity contribution in [1.29, 1.82) is 0 Å². The zero-order valence-electron chi connectivity index (χ0n) is 12.2. The van der Waals surface area contributed by atoms with E-state index in [-0.39, 0.29) is 5.82 Å². The number of anilines is 4. The van der Waals surface area contributed by atoms with Crippen LogP contribution < -0.4 is 10.6 Å². The van der Waals surface area contributed by atoms with Gasteiger partial charge in [-0.25, -0.2) is 4.39 Å². The molecule has 0 aliphatic heterocycles. The molecule has 0 fully saturated rings. The molecule has 0 aliphatic carbocycles. The van der Waals surface area contributed by atoms with Crippen molar-refractivity contribution >= 4 is 39.1 Å². The van der Waals surface area contributed by atoms with Crippen LogP contribution >= 0.6 is 15.9 Å². The number of benzene rings is 2. The Balaban J connectivity index is 1.78. The number of aromatic nitrogens is 3. The molecule has 2 aromatic carbocycles. The normalized spacial score (nSPS) is 10.4. The van der Waals surface area contributed by atoms with Crippen molar-refractivity contribution in [2.45, 2.75) is 6.92 Å². The molecule has 3 aromatic rings. The van der Waals surface area contributed by atoms with Crippen molar-refractivity contribution in [2.24, 2.45) is 0 Å². The van der Waals surface area contributed by atoms with Gasteiger partial charge in [-0.2, -0.15) is 10.1 Å². The van der Waals surface area contributed by atoms with Gasteiger partial charge in [0.25, 0.3) is 0 Å². The standard InChI is InChI=1S/C16H13BrFN5/c1-10-8-11(17)2-7-14(10)21-16-22-15(9-19-23-16)20-13-5-3-12(18)4-6-13/h2-9H,1H3,(H2,20,21,22,23). The van der Waals surface area contributed by atoms with Gasteiger partial charge >= 0.3 is 0 Å². The van der Waals surface area contributed by atoms with E-state index in [1.54, 1.807) is 12.1 Å². The fraction of sp³-hybridized carbons (Fsp3) is 0.0625. The second-order valence-electron chi connectivity index (χ2n) is 4.88. The summed E-state index contributed by atoms with van der Waals surface area (Å²) in [6.45, 7) is 1.99. The maximum Gasteiger partial charge on any atom is 0.249 e. The van der Waals surface area contributed by atoms with Crippen molar-refractivity contribution in [3.63, 3.8) is 0 Å². The molecule has 0 atom stereocenters. The summed E-state index contributed by atoms with van der Waals surface area (Å²) in [7, 11) is 0. The zero-order chi connectivity index (χ0) is 16.2. The van der Waals surface area contributed by atoms with E-state index in [0.717, 1.165) is 21.4 Å². The summed E-state index contributed by atoms with van der Waals surface area (Å²) in [6.07, 6.45) is 1.50. The Morgan fingerprint density at radius 1 is 1.04 bits per heavy atom. The predicted octanol–water partition coefficient (Wildman–Crippen LogP) is 4.57. The Labute approximate surface area is 141 Å². The molecule has 23 heavy (non-hydrogen) atoms. The summed E-state index contributed by atoms with van der Waals surface area (Å²) in [5, 5.41) is 14.1. The van der Waals surface area contributed by atoms with E-state index >= 15 is 0 Å². The van der Waals surface area contributed by atoms with Crippen LogP contribution in [0.3, 0.4) is 0 Å². The van der Waals surface area contributed by atoms with Crippen molar-refractivity contribution in [2.75, 3.05) is 10.6 Å². The summed E-state index contributed by atoms with van der Waals surface area (Å²) >= 11 is 3.43. The van der Waals surface area contributed by atoms with Gasteiger partial charge in [-0.1, -0.05) is 15.9 Å². The number of halogens is 2. The van der Waals surface area contributed by atoms with Gasteiger partial charge < -0.3 is 10.6 Å². The fourth-order valence-corrected chi connectivity index (χ4v) is 2.46. The van der Waals surface area contributed by atoms with Crippen LogP contribution in [-0.4, -0.2) is 15.2 Å². The average molecular weight is 374 g/mol. The van der Waals surface area contributed by atoms with Crippen molar-refractivity contribution in [3.8, 4) is 0 Å². The van der Waals surface area contributed by atoms with Crippen LogP contribution in [0.25, 0.3) is 0 Å². The lowest BCUT2D eigenvalue weighted by Crippen LogP contribution is -2.03. The van der Waals surface area contributed by atoms with E-state index in [2.05, 4.69) is 41.7 Å². The molecule has 0 radical (unpaired) electrons. The minimum absolute atomic E-state index is 0.288. The van der Waals surface area contributed by atoms with Crippen LogP contribution in [0, 0.1) is 12.7 Å². The number of rotatable bonds is 4.